The number of nitrogens with zero attached hydrogens (tertiary/aromatic N) is 3. The van der Waals surface area contributed by atoms with Gasteiger partial charge in [-0.3, -0.25) is 19.3 Å². The van der Waals surface area contributed by atoms with Crippen LogP contribution in [-0.2, 0) is 0 Å². The summed E-state index contributed by atoms with van der Waals surface area (Å²) in [6, 6.07) is 15.0. The quantitative estimate of drug-likeness (QED) is 0.768. The molecule has 2 aliphatic rings. The van der Waals surface area contributed by atoms with Crippen molar-refractivity contribution in [3.63, 3.8) is 0 Å². The standard InChI is InChI=1S/C21H21N3O3/c1-14-13-23(16-6-4-3-5-7-16)10-11-24(14)19(25)15-8-9-17-18(12-15)21(27)22(2)20(17)26/h3-9,12,14H,10-11,13H2,1-2H3. The molecule has 2 aliphatic heterocycles. The minimum Gasteiger partial charge on any atom is -0.368 e. The van der Waals surface area contributed by atoms with Gasteiger partial charge >= 0.3 is 0 Å². The number of carbonyl (C=O) groups excluding carboxylic acids is 3. The predicted molar refractivity (Wildman–Crippen MR) is 102 cm³/mol. The van der Waals surface area contributed by atoms with Gasteiger partial charge in [-0.2, -0.15) is 0 Å². The Morgan fingerprint density at radius 3 is 2.37 bits per heavy atom. The summed E-state index contributed by atoms with van der Waals surface area (Å²) in [6.07, 6.45) is 0. The number of rotatable bonds is 2. The van der Waals surface area contributed by atoms with Crippen LogP contribution in [-0.4, -0.2) is 60.2 Å². The summed E-state index contributed by atoms with van der Waals surface area (Å²) in [6.45, 7) is 4.15. The second-order valence-electron chi connectivity index (χ2n) is 7.06. The van der Waals surface area contributed by atoms with E-state index >= 15 is 0 Å². The highest BCUT2D eigenvalue weighted by molar-refractivity contribution is 6.21. The van der Waals surface area contributed by atoms with Crippen LogP contribution in [0, 0.1) is 0 Å². The summed E-state index contributed by atoms with van der Waals surface area (Å²) < 4.78 is 0. The van der Waals surface area contributed by atoms with Crippen LogP contribution in [0.25, 0.3) is 0 Å². The molecule has 6 nitrogen and oxygen atoms in total. The molecule has 1 fully saturated rings. The minimum atomic E-state index is -0.355. The summed E-state index contributed by atoms with van der Waals surface area (Å²) in [4.78, 5) is 42.4. The van der Waals surface area contributed by atoms with Crippen molar-refractivity contribution in [2.75, 3.05) is 31.6 Å². The topological polar surface area (TPSA) is 60.9 Å². The van der Waals surface area contributed by atoms with E-state index in [0.717, 1.165) is 23.7 Å². The van der Waals surface area contributed by atoms with Gasteiger partial charge < -0.3 is 9.80 Å². The number of carbonyl (C=O) groups is 3. The predicted octanol–water partition coefficient (Wildman–Crippen LogP) is 2.26. The van der Waals surface area contributed by atoms with Gasteiger partial charge in [-0.1, -0.05) is 18.2 Å². The molecule has 0 aliphatic carbocycles. The van der Waals surface area contributed by atoms with Gasteiger partial charge in [0.1, 0.15) is 0 Å². The summed E-state index contributed by atoms with van der Waals surface area (Å²) >= 11 is 0. The van der Waals surface area contributed by atoms with E-state index < -0.39 is 0 Å². The summed E-state index contributed by atoms with van der Waals surface area (Å²) in [5, 5.41) is 0. The molecule has 0 aromatic heterocycles. The fourth-order valence-corrected chi connectivity index (χ4v) is 3.79. The molecule has 0 saturated carbocycles. The lowest BCUT2D eigenvalue weighted by Crippen LogP contribution is -2.54. The first-order valence-corrected chi connectivity index (χ1v) is 9.05. The SMILES string of the molecule is CC1CN(c2ccccc2)CCN1C(=O)c1ccc2c(c1)C(=O)N(C)C2=O. The highest BCUT2D eigenvalue weighted by Crippen LogP contribution is 2.25. The molecule has 4 rings (SSSR count). The van der Waals surface area contributed by atoms with Crippen LogP contribution in [0.1, 0.15) is 38.0 Å². The van der Waals surface area contributed by atoms with Crippen LogP contribution >= 0.6 is 0 Å². The van der Waals surface area contributed by atoms with Gasteiger partial charge in [0.15, 0.2) is 0 Å². The molecule has 0 N–H and O–H groups in total. The second-order valence-corrected chi connectivity index (χ2v) is 7.06. The number of hydrogen-bond acceptors (Lipinski definition) is 4. The molecule has 1 saturated heterocycles. The Morgan fingerprint density at radius 2 is 1.67 bits per heavy atom. The first kappa shape index (κ1) is 17.3. The highest BCUT2D eigenvalue weighted by Gasteiger charge is 2.34. The third-order valence-corrected chi connectivity index (χ3v) is 5.35. The van der Waals surface area contributed by atoms with Gasteiger partial charge in [-0.25, -0.2) is 0 Å². The molecular formula is C21H21N3O3. The average molecular weight is 363 g/mol. The number of piperazine rings is 1. The second kappa shape index (κ2) is 6.54. The largest absolute Gasteiger partial charge is 0.368 e. The van der Waals surface area contributed by atoms with Gasteiger partial charge in [-0.05, 0) is 37.3 Å². The van der Waals surface area contributed by atoms with Crippen molar-refractivity contribution >= 4 is 23.4 Å². The maximum atomic E-state index is 13.0. The van der Waals surface area contributed by atoms with Crippen molar-refractivity contribution in [2.24, 2.45) is 0 Å². The summed E-state index contributed by atoms with van der Waals surface area (Å²) in [5.74, 6) is -0.779. The van der Waals surface area contributed by atoms with Crippen LogP contribution < -0.4 is 4.90 Å². The maximum Gasteiger partial charge on any atom is 0.261 e. The van der Waals surface area contributed by atoms with E-state index in [1.807, 2.05) is 30.0 Å². The molecular weight excluding hydrogens is 342 g/mol. The van der Waals surface area contributed by atoms with Crippen molar-refractivity contribution in [3.8, 4) is 0 Å². The number of imide groups is 1. The third kappa shape index (κ3) is 2.87. The van der Waals surface area contributed by atoms with E-state index in [0.29, 0.717) is 23.2 Å². The molecule has 2 heterocycles. The number of fused-ring (bicyclic) bond motifs is 1. The van der Waals surface area contributed by atoms with Crippen molar-refractivity contribution in [1.82, 2.24) is 9.80 Å². The number of benzene rings is 2. The van der Waals surface area contributed by atoms with Crippen molar-refractivity contribution in [3.05, 3.63) is 65.2 Å². The Morgan fingerprint density at radius 1 is 0.963 bits per heavy atom. The molecule has 0 spiro atoms. The lowest BCUT2D eigenvalue weighted by atomic mass is 10.0. The summed E-state index contributed by atoms with van der Waals surface area (Å²) in [7, 11) is 1.46. The molecule has 0 bridgehead atoms. The molecule has 27 heavy (non-hydrogen) atoms. The maximum absolute atomic E-state index is 13.0. The lowest BCUT2D eigenvalue weighted by molar-refractivity contribution is 0.0671. The normalized spacial score (nSPS) is 19.5. The zero-order valence-corrected chi connectivity index (χ0v) is 15.4. The Hall–Kier alpha value is -3.15. The Bertz CT molecular complexity index is 926. The first-order valence-electron chi connectivity index (χ1n) is 9.05. The van der Waals surface area contributed by atoms with E-state index in [9.17, 15) is 14.4 Å². The number of amides is 3. The zero-order chi connectivity index (χ0) is 19.1. The van der Waals surface area contributed by atoms with E-state index in [-0.39, 0.29) is 23.8 Å². The summed E-state index contributed by atoms with van der Waals surface area (Å²) in [5.41, 5.74) is 2.27. The van der Waals surface area contributed by atoms with Gasteiger partial charge in [0.25, 0.3) is 17.7 Å². The molecule has 1 atom stereocenters. The monoisotopic (exact) mass is 363 g/mol. The van der Waals surface area contributed by atoms with Crippen LogP contribution in [0.3, 0.4) is 0 Å². The fourth-order valence-electron chi connectivity index (χ4n) is 3.79. The minimum absolute atomic E-state index is 0.0414. The number of para-hydroxylation sites is 1. The van der Waals surface area contributed by atoms with Crippen LogP contribution in [0.2, 0.25) is 0 Å². The highest BCUT2D eigenvalue weighted by atomic mass is 16.2. The van der Waals surface area contributed by atoms with Crippen molar-refractivity contribution < 1.29 is 14.4 Å². The Labute approximate surface area is 158 Å². The van der Waals surface area contributed by atoms with E-state index in [2.05, 4.69) is 17.0 Å². The first-order chi connectivity index (χ1) is 13.0. The van der Waals surface area contributed by atoms with Crippen molar-refractivity contribution in [1.29, 1.82) is 0 Å². The van der Waals surface area contributed by atoms with Gasteiger partial charge in [0.2, 0.25) is 0 Å². The van der Waals surface area contributed by atoms with Gasteiger partial charge in [0.05, 0.1) is 11.1 Å². The lowest BCUT2D eigenvalue weighted by Gasteiger charge is -2.41. The average Bonchev–Trinajstić information content (AvgIpc) is 2.92. The van der Waals surface area contributed by atoms with Gasteiger partial charge in [0, 0.05) is 44.0 Å². The fraction of sp³-hybridized carbons (Fsp3) is 0.286. The van der Waals surface area contributed by atoms with Crippen molar-refractivity contribution in [2.45, 2.75) is 13.0 Å². The van der Waals surface area contributed by atoms with E-state index in [1.165, 1.54) is 7.05 Å². The smallest absolute Gasteiger partial charge is 0.261 e. The number of hydrogen-bond donors (Lipinski definition) is 0. The molecule has 1 unspecified atom stereocenters. The Balaban J connectivity index is 1.53. The molecule has 3 amide bonds. The van der Waals surface area contributed by atoms with Gasteiger partial charge in [-0.15, -0.1) is 0 Å². The number of anilines is 1. The van der Waals surface area contributed by atoms with E-state index in [4.69, 9.17) is 0 Å². The molecule has 138 valence electrons. The van der Waals surface area contributed by atoms with Crippen LogP contribution in [0.15, 0.2) is 48.5 Å². The Kier molecular flexibility index (Phi) is 4.18. The van der Waals surface area contributed by atoms with Crippen LogP contribution in [0.4, 0.5) is 5.69 Å². The third-order valence-electron chi connectivity index (χ3n) is 5.35. The zero-order valence-electron chi connectivity index (χ0n) is 15.4. The van der Waals surface area contributed by atoms with E-state index in [1.54, 1.807) is 18.2 Å². The molecule has 0 radical (unpaired) electrons. The van der Waals surface area contributed by atoms with Crippen LogP contribution in [0.5, 0.6) is 0 Å². The molecule has 6 heteroatoms. The molecule has 2 aromatic carbocycles. The molecule has 2 aromatic rings.